The summed E-state index contributed by atoms with van der Waals surface area (Å²) in [5, 5.41) is 27.9. The summed E-state index contributed by atoms with van der Waals surface area (Å²) in [6.07, 6.45) is -3.00. The Kier molecular flexibility index (Phi) is 8.93. The molecule has 17 heavy (non-hydrogen) atoms. The molecule has 1 aliphatic rings. The SMILES string of the molecule is NC1CCC(=O)OC1=O.O=C(O)O.O=C(O)O. The fourth-order valence-electron chi connectivity index (χ4n) is 0.630. The van der Waals surface area contributed by atoms with E-state index in [1.165, 1.54) is 0 Å². The van der Waals surface area contributed by atoms with Crippen LogP contribution in [-0.2, 0) is 14.3 Å². The van der Waals surface area contributed by atoms with Gasteiger partial charge in [-0.2, -0.15) is 0 Å². The Morgan fingerprint density at radius 1 is 1.12 bits per heavy atom. The van der Waals surface area contributed by atoms with Gasteiger partial charge in [-0.25, -0.2) is 14.4 Å². The van der Waals surface area contributed by atoms with Crippen LogP contribution in [0.3, 0.4) is 0 Å². The summed E-state index contributed by atoms with van der Waals surface area (Å²) in [6, 6.07) is -0.595. The van der Waals surface area contributed by atoms with E-state index in [0.29, 0.717) is 6.42 Å². The van der Waals surface area contributed by atoms with Gasteiger partial charge in [-0.3, -0.25) is 4.79 Å². The van der Waals surface area contributed by atoms with Gasteiger partial charge < -0.3 is 30.9 Å². The third-order valence-corrected chi connectivity index (χ3v) is 1.18. The van der Waals surface area contributed by atoms with Gasteiger partial charge in [0.25, 0.3) is 0 Å². The van der Waals surface area contributed by atoms with Crippen LogP contribution in [0, 0.1) is 0 Å². The van der Waals surface area contributed by atoms with Crippen molar-refractivity contribution in [3.05, 3.63) is 0 Å². The Morgan fingerprint density at radius 3 is 1.71 bits per heavy atom. The van der Waals surface area contributed by atoms with Crippen LogP contribution < -0.4 is 5.73 Å². The predicted octanol–water partition coefficient (Wildman–Crippen LogP) is -0.378. The largest absolute Gasteiger partial charge is 0.503 e. The molecule has 6 N–H and O–H groups in total. The van der Waals surface area contributed by atoms with Crippen molar-refractivity contribution in [1.82, 2.24) is 0 Å². The van der Waals surface area contributed by atoms with Crippen LogP contribution in [0.5, 0.6) is 0 Å². The van der Waals surface area contributed by atoms with Crippen LogP contribution in [0.15, 0.2) is 0 Å². The van der Waals surface area contributed by atoms with Crippen molar-refractivity contribution >= 4 is 24.2 Å². The first-order chi connectivity index (χ1) is 7.66. The van der Waals surface area contributed by atoms with E-state index in [1.54, 1.807) is 0 Å². The summed E-state index contributed by atoms with van der Waals surface area (Å²) < 4.78 is 4.20. The number of esters is 2. The highest BCUT2D eigenvalue weighted by Gasteiger charge is 2.24. The van der Waals surface area contributed by atoms with E-state index < -0.39 is 30.3 Å². The minimum absolute atomic E-state index is 0.257. The lowest BCUT2D eigenvalue weighted by atomic mass is 10.1. The van der Waals surface area contributed by atoms with Crippen LogP contribution in [0.1, 0.15) is 12.8 Å². The molecule has 0 aromatic heterocycles. The van der Waals surface area contributed by atoms with Crippen molar-refractivity contribution in [2.75, 3.05) is 0 Å². The van der Waals surface area contributed by atoms with Crippen LogP contribution in [0.2, 0.25) is 0 Å². The maximum absolute atomic E-state index is 10.4. The summed E-state index contributed by atoms with van der Waals surface area (Å²) in [5.41, 5.74) is 5.21. The van der Waals surface area contributed by atoms with E-state index in [9.17, 15) is 9.59 Å². The topological polar surface area (TPSA) is 184 Å². The van der Waals surface area contributed by atoms with Gasteiger partial charge in [-0.05, 0) is 6.42 Å². The molecule has 0 amide bonds. The van der Waals surface area contributed by atoms with E-state index in [0.717, 1.165) is 0 Å². The van der Waals surface area contributed by atoms with Gasteiger partial charge in [0.05, 0.1) is 0 Å². The highest BCUT2D eigenvalue weighted by atomic mass is 16.6. The van der Waals surface area contributed by atoms with Crippen LogP contribution in [0.4, 0.5) is 9.59 Å². The maximum Gasteiger partial charge on any atom is 0.503 e. The Hall–Kier alpha value is -2.36. The standard InChI is InChI=1S/C5H7NO3.2CH2O3/c6-3-1-2-4(7)9-5(3)8;2*2-1(3)4/h3H,1-2,6H2;2*(H2,2,3,4). The fraction of sp³-hybridized carbons (Fsp3) is 0.429. The van der Waals surface area contributed by atoms with Gasteiger partial charge in [0.15, 0.2) is 0 Å². The molecule has 0 bridgehead atoms. The van der Waals surface area contributed by atoms with Gasteiger partial charge >= 0.3 is 24.2 Å². The second kappa shape index (κ2) is 8.91. The number of rotatable bonds is 0. The molecule has 1 rings (SSSR count). The minimum atomic E-state index is -1.83. The second-order valence-corrected chi connectivity index (χ2v) is 2.50. The number of hydrogen-bond acceptors (Lipinski definition) is 6. The van der Waals surface area contributed by atoms with Crippen LogP contribution in [-0.4, -0.2) is 50.7 Å². The first-order valence-electron chi connectivity index (χ1n) is 4.00. The molecule has 1 atom stereocenters. The molecule has 0 spiro atoms. The smallest absolute Gasteiger partial charge is 0.450 e. The summed E-state index contributed by atoms with van der Waals surface area (Å²) in [6.45, 7) is 0. The first-order valence-corrected chi connectivity index (χ1v) is 4.00. The van der Waals surface area contributed by atoms with Gasteiger partial charge in [-0.1, -0.05) is 0 Å². The number of carbonyl (C=O) groups is 4. The number of nitrogens with two attached hydrogens (primary N) is 1. The van der Waals surface area contributed by atoms with Crippen molar-refractivity contribution in [3.63, 3.8) is 0 Å². The zero-order valence-electron chi connectivity index (χ0n) is 8.40. The molecule has 0 aromatic rings. The van der Waals surface area contributed by atoms with E-state index in [2.05, 4.69) is 4.74 Å². The van der Waals surface area contributed by atoms with Crippen molar-refractivity contribution in [2.45, 2.75) is 18.9 Å². The lowest BCUT2D eigenvalue weighted by Crippen LogP contribution is -2.38. The summed E-state index contributed by atoms with van der Waals surface area (Å²) in [4.78, 5) is 37.9. The average Bonchev–Trinajstić information content (AvgIpc) is 2.10. The zero-order valence-corrected chi connectivity index (χ0v) is 8.40. The van der Waals surface area contributed by atoms with E-state index >= 15 is 0 Å². The molecule has 10 heteroatoms. The Bertz CT molecular complexity index is 280. The Labute approximate surface area is 94.2 Å². The van der Waals surface area contributed by atoms with Gasteiger partial charge in [0.1, 0.15) is 6.04 Å². The number of ether oxygens (including phenoxy) is 1. The lowest BCUT2D eigenvalue weighted by molar-refractivity contribution is -0.164. The molecule has 0 aliphatic carbocycles. The van der Waals surface area contributed by atoms with E-state index in [-0.39, 0.29) is 6.42 Å². The molecule has 0 radical (unpaired) electrons. The van der Waals surface area contributed by atoms with Crippen LogP contribution >= 0.6 is 0 Å². The van der Waals surface area contributed by atoms with Crippen molar-refractivity contribution < 1.29 is 44.3 Å². The normalized spacial score (nSPS) is 17.6. The van der Waals surface area contributed by atoms with Crippen molar-refractivity contribution in [2.24, 2.45) is 5.73 Å². The molecule has 1 heterocycles. The van der Waals surface area contributed by atoms with Gasteiger partial charge in [-0.15, -0.1) is 0 Å². The van der Waals surface area contributed by atoms with Crippen molar-refractivity contribution in [1.29, 1.82) is 0 Å². The Morgan fingerprint density at radius 2 is 1.47 bits per heavy atom. The van der Waals surface area contributed by atoms with Gasteiger partial charge in [0.2, 0.25) is 0 Å². The summed E-state index contributed by atoms with van der Waals surface area (Å²) >= 11 is 0. The maximum atomic E-state index is 10.4. The summed E-state index contributed by atoms with van der Waals surface area (Å²) in [5.74, 6) is -1.08. The monoisotopic (exact) mass is 253 g/mol. The molecule has 0 saturated carbocycles. The second-order valence-electron chi connectivity index (χ2n) is 2.50. The quantitative estimate of drug-likeness (QED) is 0.281. The molecule has 1 fully saturated rings. The highest BCUT2D eigenvalue weighted by molar-refractivity contribution is 5.91. The molecule has 1 aliphatic heterocycles. The number of cyclic esters (lactones) is 2. The van der Waals surface area contributed by atoms with E-state index in [4.69, 9.17) is 35.7 Å². The molecular formula is C7H11NO9. The first kappa shape index (κ1) is 17.0. The molecular weight excluding hydrogens is 242 g/mol. The Balaban J connectivity index is 0. The predicted molar refractivity (Wildman–Crippen MR) is 49.6 cm³/mol. The fourth-order valence-corrected chi connectivity index (χ4v) is 0.630. The third kappa shape index (κ3) is 16.3. The number of carbonyl (C=O) groups excluding carboxylic acids is 2. The molecule has 98 valence electrons. The van der Waals surface area contributed by atoms with Crippen molar-refractivity contribution in [3.8, 4) is 0 Å². The van der Waals surface area contributed by atoms with Crippen LogP contribution in [0.25, 0.3) is 0 Å². The van der Waals surface area contributed by atoms with Gasteiger partial charge in [0, 0.05) is 6.42 Å². The molecule has 1 saturated heterocycles. The average molecular weight is 253 g/mol. The van der Waals surface area contributed by atoms with E-state index in [1.807, 2.05) is 0 Å². The highest BCUT2D eigenvalue weighted by Crippen LogP contribution is 2.05. The molecule has 10 nitrogen and oxygen atoms in total. The number of carboxylic acid groups (broad SMARTS) is 4. The lowest BCUT2D eigenvalue weighted by Gasteiger charge is -2.14. The molecule has 0 aromatic carbocycles. The minimum Gasteiger partial charge on any atom is -0.450 e. The zero-order chi connectivity index (χ0) is 14.0. The molecule has 1 unspecified atom stereocenters. The number of hydrogen-bond donors (Lipinski definition) is 5. The third-order valence-electron chi connectivity index (χ3n) is 1.18. The summed E-state index contributed by atoms with van der Waals surface area (Å²) in [7, 11) is 0.